The highest BCUT2D eigenvalue weighted by atomic mass is 19.1. The maximum Gasteiger partial charge on any atom is 0.265 e. The van der Waals surface area contributed by atoms with E-state index >= 15 is 0 Å². The number of fused-ring (bicyclic) bond motifs is 3. The lowest BCUT2D eigenvalue weighted by Crippen LogP contribution is -2.54. The molecule has 2 aliphatic heterocycles. The Hall–Kier alpha value is -2.93. The number of carbonyl (C=O) groups excluding carboxylic acids is 1. The van der Waals surface area contributed by atoms with E-state index in [1.165, 1.54) is 12.1 Å². The number of hydrogen-bond donors (Lipinski definition) is 2. The number of ether oxygens (including phenoxy) is 1. The quantitative estimate of drug-likeness (QED) is 0.843. The van der Waals surface area contributed by atoms with Crippen LogP contribution in [-0.2, 0) is 10.2 Å². The van der Waals surface area contributed by atoms with Crippen LogP contribution >= 0.6 is 0 Å². The number of nitrogens with zero attached hydrogens (tertiary/aromatic N) is 2. The van der Waals surface area contributed by atoms with Crippen LogP contribution in [-0.4, -0.2) is 36.0 Å². The minimum atomic E-state index is -0.847. The molecule has 0 fully saturated rings. The highest BCUT2D eigenvalue weighted by Crippen LogP contribution is 2.48. The summed E-state index contributed by atoms with van der Waals surface area (Å²) in [6.07, 6.45) is 0.923. The Bertz CT molecular complexity index is 903. The van der Waals surface area contributed by atoms with E-state index in [2.05, 4.69) is 5.10 Å². The standard InChI is InChI=1S/C20H20FN3O3/c21-14-7-8-16-15(11-14)24-17(12-27-16)20(9-4-10-25,18(23-24)19(22)26)13-5-2-1-3-6-13/h1-3,5-8,11,17,25H,4,9-10,12H2,(H2,22,26)/t17?,20-/m1/s1. The molecule has 2 aromatic carbocycles. The Labute approximate surface area is 156 Å². The second-order valence-corrected chi connectivity index (χ2v) is 6.76. The topological polar surface area (TPSA) is 88.2 Å². The van der Waals surface area contributed by atoms with Crippen molar-refractivity contribution in [3.05, 3.63) is 59.9 Å². The van der Waals surface area contributed by atoms with Crippen molar-refractivity contribution in [3.8, 4) is 5.75 Å². The number of hydrazone groups is 1. The fourth-order valence-corrected chi connectivity index (χ4v) is 4.15. The van der Waals surface area contributed by atoms with Gasteiger partial charge in [-0.2, -0.15) is 5.10 Å². The van der Waals surface area contributed by atoms with Gasteiger partial charge in [-0.1, -0.05) is 30.3 Å². The molecule has 0 saturated carbocycles. The number of rotatable bonds is 5. The molecule has 0 aliphatic carbocycles. The van der Waals surface area contributed by atoms with Crippen molar-refractivity contribution in [2.24, 2.45) is 10.8 Å². The van der Waals surface area contributed by atoms with Gasteiger partial charge in [-0.3, -0.25) is 9.80 Å². The van der Waals surface area contributed by atoms with Crippen LogP contribution in [0.5, 0.6) is 5.75 Å². The smallest absolute Gasteiger partial charge is 0.265 e. The predicted octanol–water partition coefficient (Wildman–Crippen LogP) is 1.96. The Balaban J connectivity index is 1.91. The van der Waals surface area contributed by atoms with Crippen LogP contribution in [0.3, 0.4) is 0 Å². The van der Waals surface area contributed by atoms with Crippen LogP contribution in [0, 0.1) is 5.82 Å². The lowest BCUT2D eigenvalue weighted by Gasteiger charge is -2.41. The van der Waals surface area contributed by atoms with Gasteiger partial charge in [-0.15, -0.1) is 0 Å². The number of hydrogen-bond acceptors (Lipinski definition) is 5. The molecule has 1 amide bonds. The fraction of sp³-hybridized carbons (Fsp3) is 0.300. The Kier molecular flexibility index (Phi) is 4.31. The van der Waals surface area contributed by atoms with Gasteiger partial charge in [0.15, 0.2) is 0 Å². The van der Waals surface area contributed by atoms with Crippen molar-refractivity contribution < 1.29 is 19.0 Å². The maximum absolute atomic E-state index is 13.9. The second-order valence-electron chi connectivity index (χ2n) is 6.76. The lowest BCUT2D eigenvalue weighted by molar-refractivity contribution is -0.112. The summed E-state index contributed by atoms with van der Waals surface area (Å²) >= 11 is 0. The van der Waals surface area contributed by atoms with E-state index in [0.29, 0.717) is 24.3 Å². The third kappa shape index (κ3) is 2.66. The fourth-order valence-electron chi connectivity index (χ4n) is 4.15. The summed E-state index contributed by atoms with van der Waals surface area (Å²) in [5.74, 6) is -0.545. The number of aliphatic hydroxyl groups excluding tert-OH is 1. The van der Waals surface area contributed by atoms with E-state index in [4.69, 9.17) is 10.5 Å². The number of primary amides is 1. The van der Waals surface area contributed by atoms with E-state index in [-0.39, 0.29) is 25.0 Å². The molecule has 3 N–H and O–H groups in total. The molecule has 0 bridgehead atoms. The highest BCUT2D eigenvalue weighted by Gasteiger charge is 2.56. The first-order valence-corrected chi connectivity index (χ1v) is 8.85. The minimum absolute atomic E-state index is 0.0284. The molecule has 0 radical (unpaired) electrons. The van der Waals surface area contributed by atoms with Crippen molar-refractivity contribution >= 4 is 17.3 Å². The molecule has 2 heterocycles. The van der Waals surface area contributed by atoms with Gasteiger partial charge in [0.05, 0.1) is 5.41 Å². The SMILES string of the molecule is NC(=O)C1=NN2c3cc(F)ccc3OCC2[C@@]1(CCCO)c1ccccc1. The number of carbonyl (C=O) groups is 1. The molecule has 1 unspecified atom stereocenters. The Morgan fingerprint density at radius 3 is 2.81 bits per heavy atom. The average Bonchev–Trinajstić information content (AvgIpc) is 3.03. The van der Waals surface area contributed by atoms with Gasteiger partial charge in [0, 0.05) is 12.7 Å². The summed E-state index contributed by atoms with van der Waals surface area (Å²) in [5.41, 5.74) is 6.40. The molecule has 0 aromatic heterocycles. The van der Waals surface area contributed by atoms with Crippen molar-refractivity contribution in [2.75, 3.05) is 18.2 Å². The van der Waals surface area contributed by atoms with Gasteiger partial charge in [0.1, 0.15) is 35.6 Å². The molecular formula is C20H20FN3O3. The van der Waals surface area contributed by atoms with Crippen LogP contribution < -0.4 is 15.5 Å². The van der Waals surface area contributed by atoms with E-state index in [0.717, 1.165) is 5.56 Å². The van der Waals surface area contributed by atoms with Crippen LogP contribution in [0.2, 0.25) is 0 Å². The van der Waals surface area contributed by atoms with Crippen molar-refractivity contribution in [1.82, 2.24) is 0 Å². The van der Waals surface area contributed by atoms with E-state index in [1.807, 2.05) is 30.3 Å². The van der Waals surface area contributed by atoms with Crippen LogP contribution in [0.15, 0.2) is 53.6 Å². The van der Waals surface area contributed by atoms with E-state index in [1.54, 1.807) is 11.1 Å². The second kappa shape index (κ2) is 6.66. The number of amides is 1. The molecular weight excluding hydrogens is 349 g/mol. The summed E-state index contributed by atoms with van der Waals surface area (Å²) in [5, 5.41) is 15.6. The van der Waals surface area contributed by atoms with Crippen molar-refractivity contribution in [3.63, 3.8) is 0 Å². The first-order valence-electron chi connectivity index (χ1n) is 8.85. The van der Waals surface area contributed by atoms with Gasteiger partial charge in [0.2, 0.25) is 0 Å². The van der Waals surface area contributed by atoms with Gasteiger partial charge in [0.25, 0.3) is 5.91 Å². The highest BCUT2D eigenvalue weighted by molar-refractivity contribution is 6.43. The molecule has 2 aromatic rings. The van der Waals surface area contributed by atoms with Crippen LogP contribution in [0.25, 0.3) is 0 Å². The van der Waals surface area contributed by atoms with Gasteiger partial charge in [-0.25, -0.2) is 4.39 Å². The molecule has 7 heteroatoms. The van der Waals surface area contributed by atoms with Crippen molar-refractivity contribution in [1.29, 1.82) is 0 Å². The predicted molar refractivity (Wildman–Crippen MR) is 99.2 cm³/mol. The molecule has 140 valence electrons. The minimum Gasteiger partial charge on any atom is -0.489 e. The molecule has 2 atom stereocenters. The number of anilines is 1. The average molecular weight is 369 g/mol. The van der Waals surface area contributed by atoms with Crippen LogP contribution in [0.1, 0.15) is 18.4 Å². The number of nitrogens with two attached hydrogens (primary N) is 1. The molecule has 2 aliphatic rings. The Morgan fingerprint density at radius 1 is 1.33 bits per heavy atom. The first-order chi connectivity index (χ1) is 13.1. The number of aliphatic hydroxyl groups is 1. The van der Waals surface area contributed by atoms with Crippen LogP contribution in [0.4, 0.5) is 10.1 Å². The summed E-state index contributed by atoms with van der Waals surface area (Å²) < 4.78 is 19.8. The van der Waals surface area contributed by atoms with E-state index < -0.39 is 17.1 Å². The summed E-state index contributed by atoms with van der Waals surface area (Å²) in [6, 6.07) is 13.3. The van der Waals surface area contributed by atoms with Gasteiger partial charge >= 0.3 is 0 Å². The van der Waals surface area contributed by atoms with E-state index in [9.17, 15) is 14.3 Å². The zero-order valence-electron chi connectivity index (χ0n) is 14.6. The first kappa shape index (κ1) is 17.5. The maximum atomic E-state index is 13.9. The van der Waals surface area contributed by atoms with Crippen molar-refractivity contribution in [2.45, 2.75) is 24.3 Å². The van der Waals surface area contributed by atoms with Gasteiger partial charge in [-0.05, 0) is 30.5 Å². The zero-order valence-corrected chi connectivity index (χ0v) is 14.6. The Morgan fingerprint density at radius 2 is 2.11 bits per heavy atom. The van der Waals surface area contributed by atoms with Gasteiger partial charge < -0.3 is 15.6 Å². The lowest BCUT2D eigenvalue weighted by atomic mass is 9.67. The molecule has 4 rings (SSSR count). The monoisotopic (exact) mass is 369 g/mol. The largest absolute Gasteiger partial charge is 0.489 e. The number of halogens is 1. The summed E-state index contributed by atoms with van der Waals surface area (Å²) in [7, 11) is 0. The number of benzene rings is 2. The molecule has 0 spiro atoms. The normalized spacial score (nSPS) is 23.3. The summed E-state index contributed by atoms with van der Waals surface area (Å²) in [6.45, 7) is 0.235. The molecule has 0 saturated heterocycles. The summed E-state index contributed by atoms with van der Waals surface area (Å²) in [4.78, 5) is 12.4. The molecule has 27 heavy (non-hydrogen) atoms. The third-order valence-electron chi connectivity index (χ3n) is 5.31. The third-order valence-corrected chi connectivity index (χ3v) is 5.31. The zero-order chi connectivity index (χ0) is 19.0. The molecule has 6 nitrogen and oxygen atoms in total.